The van der Waals surface area contributed by atoms with E-state index in [1.165, 1.54) is 0 Å². The molecule has 5 nitrogen and oxygen atoms in total. The second-order valence-electron chi connectivity index (χ2n) is 3.64. The highest BCUT2D eigenvalue weighted by molar-refractivity contribution is 5.79. The van der Waals surface area contributed by atoms with Crippen LogP contribution in [0.2, 0.25) is 0 Å². The number of carboxylic acid groups (broad SMARTS) is 1. The molecule has 0 aromatic rings. The minimum Gasteiger partial charge on any atom is -0.481 e. The van der Waals surface area contributed by atoms with Crippen molar-refractivity contribution in [3.63, 3.8) is 0 Å². The molecule has 0 radical (unpaired) electrons. The van der Waals surface area contributed by atoms with Crippen LogP contribution in [0.4, 0.5) is 0 Å². The third-order valence-electron chi connectivity index (χ3n) is 1.51. The van der Waals surface area contributed by atoms with Crippen molar-refractivity contribution in [3.05, 3.63) is 0 Å². The molecule has 2 N–H and O–H groups in total. The molecular weight excluding hydrogens is 186 g/mol. The molecule has 0 fully saturated rings. The Morgan fingerprint density at radius 3 is 2.43 bits per heavy atom. The molecule has 0 bridgehead atoms. The van der Waals surface area contributed by atoms with Crippen LogP contribution in [0.25, 0.3) is 0 Å². The van der Waals surface area contributed by atoms with Crippen molar-refractivity contribution < 1.29 is 19.4 Å². The van der Waals surface area contributed by atoms with Gasteiger partial charge in [0, 0.05) is 12.1 Å². The van der Waals surface area contributed by atoms with Gasteiger partial charge in [-0.2, -0.15) is 0 Å². The molecule has 0 aromatic heterocycles. The first kappa shape index (κ1) is 12.9. The van der Waals surface area contributed by atoms with E-state index in [9.17, 15) is 9.59 Å². The van der Waals surface area contributed by atoms with E-state index in [2.05, 4.69) is 5.32 Å². The Morgan fingerprint density at radius 1 is 1.43 bits per heavy atom. The number of amides is 1. The highest BCUT2D eigenvalue weighted by Gasteiger charge is 2.23. The Bertz CT molecular complexity index is 213. The summed E-state index contributed by atoms with van der Waals surface area (Å²) in [5.74, 6) is -1.23. The standard InChI is InChI=1S/C9H17NO4/c1-4-14-6-7(11)10-9(2,3)5-8(12)13/h4-6H2,1-3H3,(H,10,11)(H,12,13). The number of hydrogen-bond acceptors (Lipinski definition) is 3. The molecule has 0 rings (SSSR count). The van der Waals surface area contributed by atoms with Gasteiger partial charge in [-0.3, -0.25) is 9.59 Å². The van der Waals surface area contributed by atoms with Crippen molar-refractivity contribution in [2.75, 3.05) is 13.2 Å². The molecule has 14 heavy (non-hydrogen) atoms. The minimum absolute atomic E-state index is 0.0282. The molecule has 0 aliphatic heterocycles. The van der Waals surface area contributed by atoms with Gasteiger partial charge in [0.25, 0.3) is 0 Å². The minimum atomic E-state index is -0.938. The van der Waals surface area contributed by atoms with Crippen LogP contribution in [0, 0.1) is 0 Å². The molecule has 82 valence electrons. The molecule has 0 saturated heterocycles. The lowest BCUT2D eigenvalue weighted by Crippen LogP contribution is -2.46. The predicted molar refractivity (Wildman–Crippen MR) is 51.0 cm³/mol. The smallest absolute Gasteiger partial charge is 0.305 e. The van der Waals surface area contributed by atoms with E-state index in [0.29, 0.717) is 6.61 Å². The van der Waals surface area contributed by atoms with Crippen LogP contribution in [0.1, 0.15) is 27.2 Å². The summed E-state index contributed by atoms with van der Waals surface area (Å²) in [6.07, 6.45) is -0.106. The van der Waals surface area contributed by atoms with Crippen molar-refractivity contribution >= 4 is 11.9 Å². The molecule has 5 heteroatoms. The Labute approximate surface area is 83.4 Å². The first-order valence-corrected chi connectivity index (χ1v) is 4.48. The quantitative estimate of drug-likeness (QED) is 0.655. The molecule has 0 unspecified atom stereocenters. The number of nitrogens with one attached hydrogen (secondary N) is 1. The predicted octanol–water partition coefficient (Wildman–Crippen LogP) is 0.392. The lowest BCUT2D eigenvalue weighted by molar-refractivity contribution is -0.139. The summed E-state index contributed by atoms with van der Waals surface area (Å²) in [5, 5.41) is 11.1. The fraction of sp³-hybridized carbons (Fsp3) is 0.778. The van der Waals surface area contributed by atoms with Crippen molar-refractivity contribution in [2.24, 2.45) is 0 Å². The number of carbonyl (C=O) groups excluding carboxylic acids is 1. The maximum absolute atomic E-state index is 11.2. The van der Waals surface area contributed by atoms with Crippen molar-refractivity contribution in [3.8, 4) is 0 Å². The van der Waals surface area contributed by atoms with Crippen LogP contribution < -0.4 is 5.32 Å². The number of aliphatic carboxylic acids is 1. The molecule has 0 aromatic carbocycles. The lowest BCUT2D eigenvalue weighted by atomic mass is 10.0. The fourth-order valence-corrected chi connectivity index (χ4v) is 1.03. The second-order valence-corrected chi connectivity index (χ2v) is 3.64. The maximum Gasteiger partial charge on any atom is 0.305 e. The summed E-state index contributed by atoms with van der Waals surface area (Å²) in [4.78, 5) is 21.6. The van der Waals surface area contributed by atoms with Gasteiger partial charge in [-0.15, -0.1) is 0 Å². The molecule has 0 atom stereocenters. The number of ether oxygens (including phenoxy) is 1. The first-order valence-electron chi connectivity index (χ1n) is 4.48. The monoisotopic (exact) mass is 203 g/mol. The average Bonchev–Trinajstić information content (AvgIpc) is 1.96. The largest absolute Gasteiger partial charge is 0.481 e. The van der Waals surface area contributed by atoms with E-state index >= 15 is 0 Å². The van der Waals surface area contributed by atoms with Crippen LogP contribution in [0.15, 0.2) is 0 Å². The summed E-state index contributed by atoms with van der Waals surface area (Å²) < 4.78 is 4.89. The maximum atomic E-state index is 11.2. The Kier molecular flexibility index (Phi) is 5.15. The summed E-state index contributed by atoms with van der Waals surface area (Å²) in [6, 6.07) is 0. The molecule has 0 aliphatic carbocycles. The van der Waals surface area contributed by atoms with Crippen molar-refractivity contribution in [2.45, 2.75) is 32.7 Å². The van der Waals surface area contributed by atoms with Gasteiger partial charge in [-0.1, -0.05) is 0 Å². The number of carboxylic acids is 1. The highest BCUT2D eigenvalue weighted by atomic mass is 16.5. The van der Waals surface area contributed by atoms with Crippen molar-refractivity contribution in [1.82, 2.24) is 5.32 Å². The van der Waals surface area contributed by atoms with E-state index in [1.54, 1.807) is 20.8 Å². The Hall–Kier alpha value is -1.10. The van der Waals surface area contributed by atoms with Gasteiger partial charge in [0.1, 0.15) is 6.61 Å². The molecule has 0 heterocycles. The van der Waals surface area contributed by atoms with Gasteiger partial charge in [0.05, 0.1) is 6.42 Å². The summed E-state index contributed by atoms with van der Waals surface area (Å²) in [6.45, 7) is 5.54. The third-order valence-corrected chi connectivity index (χ3v) is 1.51. The first-order chi connectivity index (χ1) is 6.37. The lowest BCUT2D eigenvalue weighted by Gasteiger charge is -2.24. The van der Waals surface area contributed by atoms with E-state index in [1.807, 2.05) is 0 Å². The van der Waals surface area contributed by atoms with Crippen LogP contribution in [-0.4, -0.2) is 35.7 Å². The van der Waals surface area contributed by atoms with E-state index < -0.39 is 11.5 Å². The number of carbonyl (C=O) groups is 2. The van der Waals surface area contributed by atoms with Crippen LogP contribution in [0.5, 0.6) is 0 Å². The van der Waals surface area contributed by atoms with Crippen LogP contribution >= 0.6 is 0 Å². The van der Waals surface area contributed by atoms with E-state index in [-0.39, 0.29) is 18.9 Å². The normalized spacial score (nSPS) is 11.1. The Balaban J connectivity index is 3.95. The Morgan fingerprint density at radius 2 is 2.00 bits per heavy atom. The average molecular weight is 203 g/mol. The third kappa shape index (κ3) is 6.42. The number of hydrogen-bond donors (Lipinski definition) is 2. The molecule has 0 saturated carbocycles. The van der Waals surface area contributed by atoms with E-state index in [4.69, 9.17) is 9.84 Å². The summed E-state index contributed by atoms with van der Waals surface area (Å²) in [7, 11) is 0. The highest BCUT2D eigenvalue weighted by Crippen LogP contribution is 2.07. The fourth-order valence-electron chi connectivity index (χ4n) is 1.03. The van der Waals surface area contributed by atoms with E-state index in [0.717, 1.165) is 0 Å². The summed E-state index contributed by atoms with van der Waals surface area (Å²) in [5.41, 5.74) is -0.736. The summed E-state index contributed by atoms with van der Waals surface area (Å²) >= 11 is 0. The number of rotatable bonds is 6. The van der Waals surface area contributed by atoms with Gasteiger partial charge in [-0.05, 0) is 20.8 Å². The molecule has 1 amide bonds. The van der Waals surface area contributed by atoms with Gasteiger partial charge in [0.2, 0.25) is 5.91 Å². The van der Waals surface area contributed by atoms with Crippen LogP contribution in [0.3, 0.4) is 0 Å². The van der Waals surface area contributed by atoms with Gasteiger partial charge in [-0.25, -0.2) is 0 Å². The van der Waals surface area contributed by atoms with Gasteiger partial charge in [0.15, 0.2) is 0 Å². The zero-order valence-electron chi connectivity index (χ0n) is 8.79. The second kappa shape index (κ2) is 5.59. The van der Waals surface area contributed by atoms with Crippen LogP contribution in [-0.2, 0) is 14.3 Å². The zero-order chi connectivity index (χ0) is 11.2. The van der Waals surface area contributed by atoms with Gasteiger partial charge < -0.3 is 15.2 Å². The topological polar surface area (TPSA) is 75.6 Å². The SMILES string of the molecule is CCOCC(=O)NC(C)(C)CC(=O)O. The molecule has 0 spiro atoms. The van der Waals surface area contributed by atoms with Crippen molar-refractivity contribution in [1.29, 1.82) is 0 Å². The zero-order valence-corrected chi connectivity index (χ0v) is 8.79. The molecule has 0 aliphatic rings. The molecular formula is C9H17NO4. The van der Waals surface area contributed by atoms with Gasteiger partial charge >= 0.3 is 5.97 Å².